The van der Waals surface area contributed by atoms with Gasteiger partial charge >= 0.3 is 0 Å². The highest BCUT2D eigenvalue weighted by Crippen LogP contribution is 2.22. The van der Waals surface area contributed by atoms with Gasteiger partial charge in [-0.05, 0) is 29.0 Å². The summed E-state index contributed by atoms with van der Waals surface area (Å²) in [7, 11) is 0. The molecule has 0 unspecified atom stereocenters. The van der Waals surface area contributed by atoms with Crippen LogP contribution in [-0.4, -0.2) is 5.71 Å². The highest BCUT2D eigenvalue weighted by atomic mass is 14.7. The maximum atomic E-state index is 4.67. The molecule has 0 N–H and O–H groups in total. The van der Waals surface area contributed by atoms with Crippen LogP contribution in [0.4, 0.5) is 0 Å². The molecule has 0 spiro atoms. The molecule has 0 aliphatic rings. The van der Waals surface area contributed by atoms with Crippen molar-refractivity contribution in [1.82, 2.24) is 0 Å². The van der Waals surface area contributed by atoms with Gasteiger partial charge in [-0.1, -0.05) is 75.4 Å². The quantitative estimate of drug-likeness (QED) is 0.693. The summed E-state index contributed by atoms with van der Waals surface area (Å²) >= 11 is 0. The fourth-order valence-electron chi connectivity index (χ4n) is 2.09. The monoisotopic (exact) mass is 265 g/mol. The molecule has 1 heteroatoms. The standard InChI is InChI=1S/C19H23N/c1-15(17-8-6-5-7-9-17)20-14-16-10-12-18(13-11-16)19(2,3)4/h5-13H,14H2,1-4H3. The summed E-state index contributed by atoms with van der Waals surface area (Å²) in [4.78, 5) is 4.67. The number of hydrogen-bond donors (Lipinski definition) is 0. The second kappa shape index (κ2) is 6.04. The van der Waals surface area contributed by atoms with Gasteiger partial charge in [-0.3, -0.25) is 4.99 Å². The average Bonchev–Trinajstić information content (AvgIpc) is 2.45. The smallest absolute Gasteiger partial charge is 0.0643 e. The Morgan fingerprint density at radius 1 is 0.900 bits per heavy atom. The van der Waals surface area contributed by atoms with E-state index < -0.39 is 0 Å². The van der Waals surface area contributed by atoms with Gasteiger partial charge in [0.25, 0.3) is 0 Å². The van der Waals surface area contributed by atoms with Gasteiger partial charge in [-0.15, -0.1) is 0 Å². The number of rotatable bonds is 3. The van der Waals surface area contributed by atoms with Crippen molar-refractivity contribution < 1.29 is 0 Å². The third-order valence-corrected chi connectivity index (χ3v) is 3.51. The molecular weight excluding hydrogens is 242 g/mol. The minimum atomic E-state index is 0.210. The topological polar surface area (TPSA) is 12.4 Å². The van der Waals surface area contributed by atoms with Gasteiger partial charge < -0.3 is 0 Å². The summed E-state index contributed by atoms with van der Waals surface area (Å²) in [6.07, 6.45) is 0. The van der Waals surface area contributed by atoms with Gasteiger partial charge in [0.05, 0.1) is 6.54 Å². The third kappa shape index (κ3) is 3.80. The van der Waals surface area contributed by atoms with E-state index in [2.05, 4.69) is 69.1 Å². The molecule has 0 saturated carbocycles. The van der Waals surface area contributed by atoms with Crippen LogP contribution in [0.25, 0.3) is 0 Å². The Bertz CT molecular complexity index is 571. The Hall–Kier alpha value is -1.89. The summed E-state index contributed by atoms with van der Waals surface area (Å²) in [6, 6.07) is 19.1. The van der Waals surface area contributed by atoms with Gasteiger partial charge in [0.2, 0.25) is 0 Å². The van der Waals surface area contributed by atoms with E-state index in [9.17, 15) is 0 Å². The highest BCUT2D eigenvalue weighted by Gasteiger charge is 2.12. The van der Waals surface area contributed by atoms with Gasteiger partial charge in [-0.25, -0.2) is 0 Å². The minimum Gasteiger partial charge on any atom is -0.285 e. The summed E-state index contributed by atoms with van der Waals surface area (Å²) < 4.78 is 0. The van der Waals surface area contributed by atoms with Crippen LogP contribution in [0.15, 0.2) is 59.6 Å². The van der Waals surface area contributed by atoms with Crippen molar-refractivity contribution in [3.63, 3.8) is 0 Å². The van der Waals surface area contributed by atoms with Crippen LogP contribution >= 0.6 is 0 Å². The predicted molar refractivity (Wildman–Crippen MR) is 87.5 cm³/mol. The number of benzene rings is 2. The molecule has 0 atom stereocenters. The molecule has 1 nitrogen and oxygen atoms in total. The second-order valence-electron chi connectivity index (χ2n) is 6.21. The first kappa shape index (κ1) is 14.5. The first-order valence-corrected chi connectivity index (χ1v) is 7.13. The molecule has 0 amide bonds. The van der Waals surface area contributed by atoms with E-state index in [1.807, 2.05) is 18.2 Å². The second-order valence-corrected chi connectivity index (χ2v) is 6.21. The molecular formula is C19H23N. The van der Waals surface area contributed by atoms with E-state index in [0.717, 1.165) is 12.3 Å². The lowest BCUT2D eigenvalue weighted by atomic mass is 9.87. The van der Waals surface area contributed by atoms with E-state index in [0.29, 0.717) is 0 Å². The lowest BCUT2D eigenvalue weighted by Gasteiger charge is -2.18. The predicted octanol–water partition coefficient (Wildman–Crippen LogP) is 4.99. The van der Waals surface area contributed by atoms with Crippen molar-refractivity contribution >= 4 is 5.71 Å². The molecule has 0 aromatic heterocycles. The van der Waals surface area contributed by atoms with E-state index >= 15 is 0 Å². The Morgan fingerprint density at radius 2 is 1.50 bits per heavy atom. The third-order valence-electron chi connectivity index (χ3n) is 3.51. The first-order chi connectivity index (χ1) is 9.47. The molecule has 0 aliphatic heterocycles. The summed E-state index contributed by atoms with van der Waals surface area (Å²) in [6.45, 7) is 9.52. The van der Waals surface area contributed by atoms with Gasteiger partial charge in [0.15, 0.2) is 0 Å². The highest BCUT2D eigenvalue weighted by molar-refractivity contribution is 5.98. The van der Waals surface area contributed by atoms with Crippen LogP contribution in [0.2, 0.25) is 0 Å². The van der Waals surface area contributed by atoms with Crippen LogP contribution < -0.4 is 0 Å². The maximum absolute atomic E-state index is 4.67. The van der Waals surface area contributed by atoms with Crippen molar-refractivity contribution in [1.29, 1.82) is 0 Å². The molecule has 0 fully saturated rings. The van der Waals surface area contributed by atoms with Crippen LogP contribution in [0, 0.1) is 0 Å². The largest absolute Gasteiger partial charge is 0.285 e. The van der Waals surface area contributed by atoms with E-state index in [-0.39, 0.29) is 5.41 Å². The number of hydrogen-bond acceptors (Lipinski definition) is 1. The molecule has 20 heavy (non-hydrogen) atoms. The van der Waals surface area contributed by atoms with Crippen molar-refractivity contribution in [3.8, 4) is 0 Å². The Labute approximate surface area is 122 Å². The SMILES string of the molecule is CC(=NCc1ccc(C(C)(C)C)cc1)c1ccccc1. The Morgan fingerprint density at radius 3 is 2.05 bits per heavy atom. The average molecular weight is 265 g/mol. The minimum absolute atomic E-state index is 0.210. The van der Waals surface area contributed by atoms with E-state index in [1.165, 1.54) is 16.7 Å². The molecule has 2 aromatic rings. The van der Waals surface area contributed by atoms with Crippen molar-refractivity contribution in [2.75, 3.05) is 0 Å². The molecule has 0 radical (unpaired) electrons. The van der Waals surface area contributed by atoms with Crippen LogP contribution in [0.1, 0.15) is 44.4 Å². The normalized spacial score (nSPS) is 12.5. The molecule has 2 aromatic carbocycles. The van der Waals surface area contributed by atoms with Gasteiger partial charge in [0.1, 0.15) is 0 Å². The van der Waals surface area contributed by atoms with E-state index in [1.54, 1.807) is 0 Å². The van der Waals surface area contributed by atoms with Gasteiger partial charge in [-0.2, -0.15) is 0 Å². The molecule has 104 valence electrons. The molecule has 0 heterocycles. The zero-order valence-electron chi connectivity index (χ0n) is 12.9. The molecule has 0 aliphatic carbocycles. The number of nitrogens with zero attached hydrogens (tertiary/aromatic N) is 1. The van der Waals surface area contributed by atoms with Crippen molar-refractivity contribution in [3.05, 3.63) is 71.3 Å². The maximum Gasteiger partial charge on any atom is 0.0643 e. The van der Waals surface area contributed by atoms with Gasteiger partial charge in [0, 0.05) is 5.71 Å². The van der Waals surface area contributed by atoms with Crippen molar-refractivity contribution in [2.45, 2.75) is 39.7 Å². The Balaban J connectivity index is 2.08. The first-order valence-electron chi connectivity index (χ1n) is 7.13. The Kier molecular flexibility index (Phi) is 4.39. The van der Waals surface area contributed by atoms with E-state index in [4.69, 9.17) is 0 Å². The van der Waals surface area contributed by atoms with Crippen LogP contribution in [-0.2, 0) is 12.0 Å². The fourth-order valence-corrected chi connectivity index (χ4v) is 2.09. The zero-order chi connectivity index (χ0) is 14.6. The van der Waals surface area contributed by atoms with Crippen LogP contribution in [0.5, 0.6) is 0 Å². The molecule has 2 rings (SSSR count). The molecule has 0 saturated heterocycles. The van der Waals surface area contributed by atoms with Crippen molar-refractivity contribution in [2.24, 2.45) is 4.99 Å². The number of aliphatic imine (C=N–C) groups is 1. The summed E-state index contributed by atoms with van der Waals surface area (Å²) in [5.41, 5.74) is 5.12. The van der Waals surface area contributed by atoms with Crippen LogP contribution in [0.3, 0.4) is 0 Å². The fraction of sp³-hybridized carbons (Fsp3) is 0.316. The lowest BCUT2D eigenvalue weighted by Crippen LogP contribution is -2.10. The lowest BCUT2D eigenvalue weighted by molar-refractivity contribution is 0.590. The zero-order valence-corrected chi connectivity index (χ0v) is 12.9. The summed E-state index contributed by atoms with van der Waals surface area (Å²) in [5, 5.41) is 0. The summed E-state index contributed by atoms with van der Waals surface area (Å²) in [5.74, 6) is 0. The molecule has 0 bridgehead atoms.